The highest BCUT2D eigenvalue weighted by atomic mass is 79.9. The minimum absolute atomic E-state index is 0.0525. The lowest BCUT2D eigenvalue weighted by Crippen LogP contribution is -2.03. The Morgan fingerprint density at radius 2 is 1.81 bits per heavy atom. The molecule has 2 aromatic rings. The average molecular weight is 367 g/mol. The Bertz CT molecular complexity index is 643. The molecule has 0 aliphatic heterocycles. The van der Waals surface area contributed by atoms with Crippen LogP contribution in [0.25, 0.3) is 0 Å². The van der Waals surface area contributed by atoms with Crippen LogP contribution in [-0.2, 0) is 0 Å². The quantitative estimate of drug-likeness (QED) is 0.559. The monoisotopic (exact) mass is 366 g/mol. The first-order chi connectivity index (χ1) is 10.2. The highest BCUT2D eigenvalue weighted by molar-refractivity contribution is 9.10. The summed E-state index contributed by atoms with van der Waals surface area (Å²) in [6.45, 7) is 0. The van der Waals surface area contributed by atoms with E-state index in [-0.39, 0.29) is 5.78 Å². The molecule has 0 unspecified atom stereocenters. The highest BCUT2D eigenvalue weighted by Crippen LogP contribution is 2.30. The molecule has 0 aliphatic rings. The largest absolute Gasteiger partial charge is 0.493 e. The van der Waals surface area contributed by atoms with Crippen molar-refractivity contribution in [2.45, 2.75) is 4.90 Å². The summed E-state index contributed by atoms with van der Waals surface area (Å²) in [5.41, 5.74) is 0.618. The molecule has 0 saturated heterocycles. The fourth-order valence-electron chi connectivity index (χ4n) is 1.80. The van der Waals surface area contributed by atoms with Gasteiger partial charge in [0.05, 0.1) is 20.0 Å². The maximum Gasteiger partial charge on any atom is 0.173 e. The molecule has 0 spiro atoms. The number of carbonyl (C=O) groups is 1. The van der Waals surface area contributed by atoms with Crippen molar-refractivity contribution in [1.82, 2.24) is 0 Å². The number of benzene rings is 2. The number of thioether (sulfide) groups is 1. The summed E-state index contributed by atoms with van der Waals surface area (Å²) < 4.78 is 11.4. The van der Waals surface area contributed by atoms with Crippen molar-refractivity contribution in [3.63, 3.8) is 0 Å². The lowest BCUT2D eigenvalue weighted by Gasteiger charge is -2.09. The molecule has 0 saturated carbocycles. The van der Waals surface area contributed by atoms with E-state index in [1.807, 2.05) is 24.3 Å². The van der Waals surface area contributed by atoms with Crippen LogP contribution in [0, 0.1) is 0 Å². The summed E-state index contributed by atoms with van der Waals surface area (Å²) in [7, 11) is 3.13. The molecule has 2 aromatic carbocycles. The summed E-state index contributed by atoms with van der Waals surface area (Å²) in [4.78, 5) is 13.3. The Morgan fingerprint density at radius 1 is 1.10 bits per heavy atom. The molecule has 0 amide bonds. The number of halogens is 1. The number of methoxy groups -OCH3 is 2. The second kappa shape index (κ2) is 7.52. The van der Waals surface area contributed by atoms with E-state index < -0.39 is 0 Å². The Kier molecular flexibility index (Phi) is 5.70. The molecule has 110 valence electrons. The summed E-state index contributed by atoms with van der Waals surface area (Å²) >= 11 is 4.98. The van der Waals surface area contributed by atoms with Crippen molar-refractivity contribution < 1.29 is 14.3 Å². The number of ketones is 1. The average Bonchev–Trinajstić information content (AvgIpc) is 2.53. The van der Waals surface area contributed by atoms with Gasteiger partial charge in [-0.1, -0.05) is 12.1 Å². The molecule has 0 bridgehead atoms. The third-order valence-corrected chi connectivity index (χ3v) is 4.93. The number of rotatable bonds is 6. The summed E-state index contributed by atoms with van der Waals surface area (Å²) in [6.07, 6.45) is 0. The maximum absolute atomic E-state index is 12.3. The predicted molar refractivity (Wildman–Crippen MR) is 88.7 cm³/mol. The van der Waals surface area contributed by atoms with Crippen molar-refractivity contribution in [2.75, 3.05) is 20.0 Å². The van der Waals surface area contributed by atoms with Gasteiger partial charge in [0.2, 0.25) is 0 Å². The van der Waals surface area contributed by atoms with Crippen LogP contribution >= 0.6 is 27.7 Å². The molecule has 0 aliphatic carbocycles. The van der Waals surface area contributed by atoms with Crippen LogP contribution in [0.1, 0.15) is 10.4 Å². The van der Waals surface area contributed by atoms with Crippen molar-refractivity contribution in [1.29, 1.82) is 0 Å². The van der Waals surface area contributed by atoms with Crippen LogP contribution in [-0.4, -0.2) is 25.8 Å². The van der Waals surface area contributed by atoms with Crippen molar-refractivity contribution >= 4 is 33.5 Å². The number of carbonyl (C=O) groups excluding carboxylic acids is 1. The van der Waals surface area contributed by atoms with Gasteiger partial charge < -0.3 is 9.47 Å². The number of hydrogen-bond acceptors (Lipinski definition) is 4. The molecule has 3 nitrogen and oxygen atoms in total. The first-order valence-electron chi connectivity index (χ1n) is 6.28. The maximum atomic E-state index is 12.3. The summed E-state index contributed by atoms with van der Waals surface area (Å²) in [6, 6.07) is 13.1. The van der Waals surface area contributed by atoms with E-state index in [1.54, 1.807) is 32.4 Å². The van der Waals surface area contributed by atoms with Gasteiger partial charge in [-0.15, -0.1) is 11.8 Å². The van der Waals surface area contributed by atoms with Crippen LogP contribution in [0.15, 0.2) is 51.8 Å². The molecular weight excluding hydrogens is 352 g/mol. The van der Waals surface area contributed by atoms with Gasteiger partial charge in [-0.3, -0.25) is 4.79 Å². The third kappa shape index (κ3) is 4.02. The normalized spacial score (nSPS) is 10.2. The van der Waals surface area contributed by atoms with E-state index in [4.69, 9.17) is 9.47 Å². The molecule has 0 atom stereocenters. The first-order valence-corrected chi connectivity index (χ1v) is 8.06. The van der Waals surface area contributed by atoms with Gasteiger partial charge >= 0.3 is 0 Å². The van der Waals surface area contributed by atoms with E-state index in [2.05, 4.69) is 15.9 Å². The van der Waals surface area contributed by atoms with Crippen LogP contribution < -0.4 is 9.47 Å². The molecule has 0 fully saturated rings. The van der Waals surface area contributed by atoms with Gasteiger partial charge in [0.1, 0.15) is 0 Å². The standard InChI is InChI=1S/C16H15BrO3S/c1-19-14-8-7-11(9-15(14)20-2)13(18)10-21-16-6-4-3-5-12(16)17/h3-9H,10H2,1-2H3. The van der Waals surface area contributed by atoms with Gasteiger partial charge in [-0.05, 0) is 46.3 Å². The minimum Gasteiger partial charge on any atom is -0.493 e. The molecule has 2 rings (SSSR count). The van der Waals surface area contributed by atoms with Gasteiger partial charge in [-0.25, -0.2) is 0 Å². The van der Waals surface area contributed by atoms with E-state index in [0.717, 1.165) is 9.37 Å². The van der Waals surface area contributed by atoms with Crippen molar-refractivity contribution in [2.24, 2.45) is 0 Å². The number of ether oxygens (including phenoxy) is 2. The SMILES string of the molecule is COc1ccc(C(=O)CSc2ccccc2Br)cc1OC. The fraction of sp³-hybridized carbons (Fsp3) is 0.188. The summed E-state index contributed by atoms with van der Waals surface area (Å²) in [5, 5.41) is 0. The zero-order valence-electron chi connectivity index (χ0n) is 11.8. The van der Waals surface area contributed by atoms with E-state index in [0.29, 0.717) is 22.8 Å². The zero-order chi connectivity index (χ0) is 15.2. The molecule has 0 heterocycles. The highest BCUT2D eigenvalue weighted by Gasteiger charge is 2.11. The topological polar surface area (TPSA) is 35.5 Å². The van der Waals surface area contributed by atoms with Crippen LogP contribution in [0.5, 0.6) is 11.5 Å². The second-order valence-corrected chi connectivity index (χ2v) is 6.08. The van der Waals surface area contributed by atoms with Gasteiger partial charge in [-0.2, -0.15) is 0 Å². The van der Waals surface area contributed by atoms with E-state index >= 15 is 0 Å². The van der Waals surface area contributed by atoms with Gasteiger partial charge in [0, 0.05) is 14.9 Å². The molecule has 0 radical (unpaired) electrons. The second-order valence-electron chi connectivity index (χ2n) is 4.21. The first kappa shape index (κ1) is 15.9. The Hall–Kier alpha value is -1.46. The Balaban J connectivity index is 2.09. The Morgan fingerprint density at radius 3 is 2.48 bits per heavy atom. The zero-order valence-corrected chi connectivity index (χ0v) is 14.2. The van der Waals surface area contributed by atoms with Crippen LogP contribution in [0.2, 0.25) is 0 Å². The lowest BCUT2D eigenvalue weighted by molar-refractivity contribution is 0.102. The van der Waals surface area contributed by atoms with Gasteiger partial charge in [0.15, 0.2) is 17.3 Å². The number of Topliss-reactive ketones (excluding diaryl/α,β-unsaturated/α-hetero) is 1. The molecular formula is C16H15BrO3S. The molecule has 0 N–H and O–H groups in total. The van der Waals surface area contributed by atoms with Crippen molar-refractivity contribution in [3.05, 3.63) is 52.5 Å². The van der Waals surface area contributed by atoms with Crippen LogP contribution in [0.3, 0.4) is 0 Å². The molecule has 5 heteroatoms. The van der Waals surface area contributed by atoms with Gasteiger partial charge in [0.25, 0.3) is 0 Å². The molecule has 21 heavy (non-hydrogen) atoms. The minimum atomic E-state index is 0.0525. The number of hydrogen-bond donors (Lipinski definition) is 0. The molecule has 0 aromatic heterocycles. The smallest absolute Gasteiger partial charge is 0.173 e. The van der Waals surface area contributed by atoms with E-state index in [1.165, 1.54) is 11.8 Å². The van der Waals surface area contributed by atoms with Crippen molar-refractivity contribution in [3.8, 4) is 11.5 Å². The predicted octanol–water partition coefficient (Wildman–Crippen LogP) is 4.44. The lowest BCUT2D eigenvalue weighted by atomic mass is 10.1. The Labute approximate surface area is 136 Å². The van der Waals surface area contributed by atoms with Crippen LogP contribution in [0.4, 0.5) is 0 Å². The van der Waals surface area contributed by atoms with E-state index in [9.17, 15) is 4.79 Å². The fourth-order valence-corrected chi connectivity index (χ4v) is 3.26. The third-order valence-electron chi connectivity index (χ3n) is 2.90. The summed E-state index contributed by atoms with van der Waals surface area (Å²) in [5.74, 6) is 1.61.